The maximum Gasteiger partial charge on any atom is 0.256 e. The molecule has 1 aromatic rings. The Kier molecular flexibility index (Phi) is 4.89. The third-order valence-corrected chi connectivity index (χ3v) is 3.76. The summed E-state index contributed by atoms with van der Waals surface area (Å²) in [6.45, 7) is 5.46. The fourth-order valence-electron chi connectivity index (χ4n) is 1.87. The van der Waals surface area contributed by atoms with Gasteiger partial charge in [0.05, 0.1) is 11.7 Å². The Morgan fingerprint density at radius 1 is 1.43 bits per heavy atom. The van der Waals surface area contributed by atoms with E-state index in [9.17, 15) is 9.59 Å². The predicted molar refractivity (Wildman–Crippen MR) is 81.7 cm³/mol. The Morgan fingerprint density at radius 2 is 2.19 bits per heavy atom. The van der Waals surface area contributed by atoms with E-state index in [0.29, 0.717) is 23.2 Å². The molecule has 0 bridgehead atoms. The minimum Gasteiger partial charge on any atom is -0.360 e. The topological polar surface area (TPSA) is 96.9 Å². The van der Waals surface area contributed by atoms with Gasteiger partial charge in [-0.3, -0.25) is 9.59 Å². The van der Waals surface area contributed by atoms with Gasteiger partial charge in [0.2, 0.25) is 5.91 Å². The van der Waals surface area contributed by atoms with Crippen molar-refractivity contribution >= 4 is 40.3 Å². The molecule has 0 fully saturated rings. The number of amides is 2. The average Bonchev–Trinajstić information content (AvgIpc) is 2.81. The molecule has 1 N–H and O–H groups in total. The fraction of sp³-hybridized carbons (Fsp3) is 0.462. The summed E-state index contributed by atoms with van der Waals surface area (Å²) in [6, 6.07) is 1.62. The van der Waals surface area contributed by atoms with E-state index in [1.165, 1.54) is 0 Å². The van der Waals surface area contributed by atoms with Crippen LogP contribution in [-0.2, 0) is 9.59 Å². The number of aliphatic imine (C=N–C) groups is 2. The summed E-state index contributed by atoms with van der Waals surface area (Å²) >= 11 is 1.12. The van der Waals surface area contributed by atoms with Crippen molar-refractivity contribution in [2.45, 2.75) is 27.2 Å². The largest absolute Gasteiger partial charge is 0.360 e. The van der Waals surface area contributed by atoms with Crippen LogP contribution in [0.5, 0.6) is 0 Å². The number of hydrogen-bond acceptors (Lipinski definition) is 6. The number of carbonyl (C=O) groups excluding carboxylic acids is 2. The molecular weight excluding hydrogens is 292 g/mol. The van der Waals surface area contributed by atoms with E-state index in [1.54, 1.807) is 19.9 Å². The summed E-state index contributed by atoms with van der Waals surface area (Å²) in [7, 11) is 0. The van der Waals surface area contributed by atoms with E-state index in [-0.39, 0.29) is 23.5 Å². The van der Waals surface area contributed by atoms with Crippen LogP contribution < -0.4 is 5.32 Å². The lowest BCUT2D eigenvalue weighted by molar-refractivity contribution is -0.119. The Morgan fingerprint density at radius 3 is 2.76 bits per heavy atom. The SMILES string of the molecule is CCC1C(=O)N=C(SCC(=O)Nc2cc(C)on2)N=C1C. The molecule has 1 atom stereocenters. The standard InChI is InChI=1S/C13H16N4O3S/c1-4-9-8(3)14-13(16-12(9)19)21-6-11(18)15-10-5-7(2)20-17-10/h5,9H,4,6H2,1-3H3,(H,15,17,18). The number of anilines is 1. The highest BCUT2D eigenvalue weighted by atomic mass is 32.2. The number of aromatic nitrogens is 1. The summed E-state index contributed by atoms with van der Waals surface area (Å²) in [6.07, 6.45) is 0.682. The zero-order chi connectivity index (χ0) is 15.4. The van der Waals surface area contributed by atoms with Gasteiger partial charge in [-0.2, -0.15) is 4.99 Å². The highest BCUT2D eigenvalue weighted by molar-refractivity contribution is 8.14. The lowest BCUT2D eigenvalue weighted by atomic mass is 10.0. The van der Waals surface area contributed by atoms with Crippen LogP contribution in [0.1, 0.15) is 26.0 Å². The molecule has 0 spiro atoms. The van der Waals surface area contributed by atoms with Crippen molar-refractivity contribution in [2.75, 3.05) is 11.1 Å². The van der Waals surface area contributed by atoms with Gasteiger partial charge in [0, 0.05) is 11.8 Å². The van der Waals surface area contributed by atoms with Crippen molar-refractivity contribution in [3.8, 4) is 0 Å². The highest BCUT2D eigenvalue weighted by Gasteiger charge is 2.24. The van der Waals surface area contributed by atoms with E-state index < -0.39 is 0 Å². The van der Waals surface area contributed by atoms with Crippen LogP contribution in [0.25, 0.3) is 0 Å². The summed E-state index contributed by atoms with van der Waals surface area (Å²) in [5.41, 5.74) is 0.743. The van der Waals surface area contributed by atoms with Crippen LogP contribution in [0.2, 0.25) is 0 Å². The van der Waals surface area contributed by atoms with Crippen molar-refractivity contribution in [2.24, 2.45) is 15.9 Å². The number of hydrogen-bond donors (Lipinski definition) is 1. The lowest BCUT2D eigenvalue weighted by Crippen LogP contribution is -2.25. The summed E-state index contributed by atoms with van der Waals surface area (Å²) in [5, 5.41) is 6.59. The second-order valence-electron chi connectivity index (χ2n) is 4.61. The maximum absolute atomic E-state index is 11.8. The number of nitrogens with one attached hydrogen (secondary N) is 1. The average molecular weight is 308 g/mol. The Balaban J connectivity index is 1.88. The summed E-state index contributed by atoms with van der Waals surface area (Å²) in [5.74, 6) is 0.401. The Hall–Kier alpha value is -1.96. The lowest BCUT2D eigenvalue weighted by Gasteiger charge is -2.15. The van der Waals surface area contributed by atoms with Crippen molar-refractivity contribution in [1.29, 1.82) is 0 Å². The van der Waals surface area contributed by atoms with Gasteiger partial charge in [-0.05, 0) is 20.3 Å². The van der Waals surface area contributed by atoms with Gasteiger partial charge in [-0.15, -0.1) is 0 Å². The van der Waals surface area contributed by atoms with Gasteiger partial charge < -0.3 is 9.84 Å². The molecular formula is C13H16N4O3S. The molecule has 2 amide bonds. The molecule has 21 heavy (non-hydrogen) atoms. The minimum absolute atomic E-state index is 0.103. The molecule has 2 heterocycles. The normalized spacial score (nSPS) is 18.2. The quantitative estimate of drug-likeness (QED) is 0.918. The van der Waals surface area contributed by atoms with Crippen LogP contribution in [0.3, 0.4) is 0 Å². The van der Waals surface area contributed by atoms with Crippen LogP contribution in [0.4, 0.5) is 5.82 Å². The van der Waals surface area contributed by atoms with Crippen LogP contribution in [0.15, 0.2) is 20.6 Å². The zero-order valence-electron chi connectivity index (χ0n) is 12.0. The van der Waals surface area contributed by atoms with Crippen LogP contribution in [-0.4, -0.2) is 33.6 Å². The van der Waals surface area contributed by atoms with E-state index in [0.717, 1.165) is 17.5 Å². The maximum atomic E-state index is 11.8. The Labute approximate surface area is 126 Å². The number of amidine groups is 1. The molecule has 1 aromatic heterocycles. The van der Waals surface area contributed by atoms with Gasteiger partial charge in [0.25, 0.3) is 5.91 Å². The van der Waals surface area contributed by atoms with Crippen molar-refractivity contribution in [1.82, 2.24) is 5.16 Å². The van der Waals surface area contributed by atoms with Crippen LogP contribution in [0, 0.1) is 12.8 Å². The molecule has 0 aliphatic carbocycles. The first-order valence-corrected chi connectivity index (χ1v) is 7.51. The molecule has 7 nitrogen and oxygen atoms in total. The molecule has 112 valence electrons. The molecule has 0 aromatic carbocycles. The number of carbonyl (C=O) groups is 2. The van der Waals surface area contributed by atoms with E-state index in [2.05, 4.69) is 20.5 Å². The fourth-order valence-corrected chi connectivity index (χ4v) is 2.57. The van der Waals surface area contributed by atoms with Crippen molar-refractivity contribution < 1.29 is 14.1 Å². The Bertz CT molecular complexity index is 621. The molecule has 1 unspecified atom stereocenters. The second-order valence-corrected chi connectivity index (χ2v) is 5.55. The first-order valence-electron chi connectivity index (χ1n) is 6.53. The molecule has 0 radical (unpaired) electrons. The van der Waals surface area contributed by atoms with E-state index in [1.807, 2.05) is 6.92 Å². The first-order chi connectivity index (χ1) is 9.99. The molecule has 0 saturated heterocycles. The van der Waals surface area contributed by atoms with Gasteiger partial charge in [0.15, 0.2) is 11.0 Å². The molecule has 1 aliphatic rings. The van der Waals surface area contributed by atoms with Gasteiger partial charge >= 0.3 is 0 Å². The smallest absolute Gasteiger partial charge is 0.256 e. The van der Waals surface area contributed by atoms with Crippen molar-refractivity contribution in [3.05, 3.63) is 11.8 Å². The third-order valence-electron chi connectivity index (χ3n) is 2.92. The van der Waals surface area contributed by atoms with Gasteiger partial charge in [-0.1, -0.05) is 23.8 Å². The van der Waals surface area contributed by atoms with Crippen molar-refractivity contribution in [3.63, 3.8) is 0 Å². The van der Waals surface area contributed by atoms with Crippen LogP contribution >= 0.6 is 11.8 Å². The third kappa shape index (κ3) is 4.01. The van der Waals surface area contributed by atoms with E-state index >= 15 is 0 Å². The number of aryl methyl sites for hydroxylation is 1. The van der Waals surface area contributed by atoms with Gasteiger partial charge in [0.1, 0.15) is 5.76 Å². The number of thioether (sulfide) groups is 1. The van der Waals surface area contributed by atoms with Gasteiger partial charge in [-0.25, -0.2) is 4.99 Å². The zero-order valence-corrected chi connectivity index (χ0v) is 12.9. The predicted octanol–water partition coefficient (Wildman–Crippen LogP) is 2.04. The molecule has 2 rings (SSSR count). The summed E-state index contributed by atoms with van der Waals surface area (Å²) in [4.78, 5) is 31.7. The minimum atomic E-state index is -0.256. The van der Waals surface area contributed by atoms with E-state index in [4.69, 9.17) is 4.52 Å². The molecule has 1 aliphatic heterocycles. The first kappa shape index (κ1) is 15.4. The molecule has 8 heteroatoms. The highest BCUT2D eigenvalue weighted by Crippen LogP contribution is 2.18. The summed E-state index contributed by atoms with van der Waals surface area (Å²) < 4.78 is 4.85. The second kappa shape index (κ2) is 6.66. The number of rotatable bonds is 4. The monoisotopic (exact) mass is 308 g/mol. The molecule has 0 saturated carbocycles. The number of nitrogens with zero attached hydrogens (tertiary/aromatic N) is 3.